The van der Waals surface area contributed by atoms with Crippen LogP contribution in [0.25, 0.3) is 0 Å². The van der Waals surface area contributed by atoms with Crippen LogP contribution < -0.4 is 22.3 Å². The van der Waals surface area contributed by atoms with Gasteiger partial charge in [-0.25, -0.2) is 4.79 Å². The van der Waals surface area contributed by atoms with E-state index in [-0.39, 0.29) is 5.56 Å². The summed E-state index contributed by atoms with van der Waals surface area (Å²) in [7, 11) is 0. The molecule has 1 aromatic rings. The molecule has 0 amide bonds. The van der Waals surface area contributed by atoms with Crippen LogP contribution >= 0.6 is 22.6 Å². The molecule has 14 heavy (non-hydrogen) atoms. The van der Waals surface area contributed by atoms with Crippen molar-refractivity contribution in [3.63, 3.8) is 0 Å². The normalized spacial score (nSPS) is 10.4. The highest BCUT2D eigenvalue weighted by molar-refractivity contribution is 14.1. The smallest absolute Gasteiger partial charge is 0.325 e. The minimum atomic E-state index is -0.486. The Morgan fingerprint density at radius 3 is 2.71 bits per heavy atom. The second-order valence-electron chi connectivity index (χ2n) is 2.67. The molecule has 0 saturated carbocycles. The second-order valence-corrected chi connectivity index (χ2v) is 3.74. The third kappa shape index (κ3) is 2.93. The molecule has 5 N–H and O–H groups in total. The molecule has 0 atom stereocenters. The van der Waals surface area contributed by atoms with Crippen LogP contribution in [0.4, 0.5) is 0 Å². The molecule has 78 valence electrons. The number of aromatic nitrogens is 2. The number of aromatic amines is 2. The lowest BCUT2D eigenvalue weighted by molar-refractivity contribution is 0.673. The SMILES string of the molecule is NCCNCc1[nH]c(=O)[nH]c(=O)c1I. The summed E-state index contributed by atoms with van der Waals surface area (Å²) in [5.74, 6) is 0. The van der Waals surface area contributed by atoms with Crippen LogP contribution in [0.15, 0.2) is 9.59 Å². The van der Waals surface area contributed by atoms with Crippen LogP contribution in [0.5, 0.6) is 0 Å². The van der Waals surface area contributed by atoms with E-state index in [0.29, 0.717) is 28.9 Å². The van der Waals surface area contributed by atoms with E-state index in [9.17, 15) is 9.59 Å². The number of nitrogens with one attached hydrogen (secondary N) is 3. The zero-order chi connectivity index (χ0) is 10.6. The van der Waals surface area contributed by atoms with Crippen molar-refractivity contribution in [2.75, 3.05) is 13.1 Å². The Hall–Kier alpha value is -0.670. The van der Waals surface area contributed by atoms with E-state index in [4.69, 9.17) is 5.73 Å². The summed E-state index contributed by atoms with van der Waals surface area (Å²) < 4.78 is 0.492. The predicted octanol–water partition coefficient (Wildman–Crippen LogP) is -1.28. The summed E-state index contributed by atoms with van der Waals surface area (Å²) in [6, 6.07) is 0. The molecule has 0 saturated heterocycles. The van der Waals surface area contributed by atoms with Crippen LogP contribution in [0.3, 0.4) is 0 Å². The zero-order valence-electron chi connectivity index (χ0n) is 7.39. The fraction of sp³-hybridized carbons (Fsp3) is 0.429. The van der Waals surface area contributed by atoms with Gasteiger partial charge < -0.3 is 16.0 Å². The summed E-state index contributed by atoms with van der Waals surface area (Å²) >= 11 is 1.89. The Morgan fingerprint density at radius 1 is 1.36 bits per heavy atom. The first kappa shape index (κ1) is 11.4. The van der Waals surface area contributed by atoms with E-state index in [2.05, 4.69) is 15.3 Å². The highest BCUT2D eigenvalue weighted by Crippen LogP contribution is 2.00. The largest absolute Gasteiger partial charge is 0.329 e. The molecular formula is C7H11IN4O2. The molecule has 0 unspecified atom stereocenters. The highest BCUT2D eigenvalue weighted by atomic mass is 127. The van der Waals surface area contributed by atoms with Crippen LogP contribution in [-0.4, -0.2) is 23.1 Å². The Labute approximate surface area is 93.4 Å². The van der Waals surface area contributed by atoms with Crippen molar-refractivity contribution in [3.8, 4) is 0 Å². The van der Waals surface area contributed by atoms with Crippen LogP contribution in [0, 0.1) is 3.57 Å². The maximum absolute atomic E-state index is 11.2. The number of H-pyrrole nitrogens is 2. The maximum Gasteiger partial charge on any atom is 0.325 e. The van der Waals surface area contributed by atoms with Gasteiger partial charge in [0.05, 0.1) is 9.26 Å². The summed E-state index contributed by atoms with van der Waals surface area (Å²) in [6.07, 6.45) is 0. The average Bonchev–Trinajstić information content (AvgIpc) is 2.13. The van der Waals surface area contributed by atoms with E-state index < -0.39 is 5.69 Å². The van der Waals surface area contributed by atoms with Crippen LogP contribution in [-0.2, 0) is 6.54 Å². The summed E-state index contributed by atoms with van der Waals surface area (Å²) in [5, 5.41) is 2.99. The molecule has 1 aromatic heterocycles. The zero-order valence-corrected chi connectivity index (χ0v) is 9.55. The Morgan fingerprint density at radius 2 is 2.07 bits per heavy atom. The average molecular weight is 310 g/mol. The Balaban J connectivity index is 2.86. The molecule has 0 spiro atoms. The Bertz CT molecular complexity index is 411. The van der Waals surface area contributed by atoms with Crippen molar-refractivity contribution in [2.45, 2.75) is 6.54 Å². The van der Waals surface area contributed by atoms with E-state index in [1.54, 1.807) is 0 Å². The van der Waals surface area contributed by atoms with Gasteiger partial charge in [-0.05, 0) is 22.6 Å². The maximum atomic E-state index is 11.2. The van der Waals surface area contributed by atoms with Crippen molar-refractivity contribution >= 4 is 22.6 Å². The fourth-order valence-corrected chi connectivity index (χ4v) is 1.42. The van der Waals surface area contributed by atoms with Gasteiger partial charge in [-0.2, -0.15) is 0 Å². The van der Waals surface area contributed by atoms with Crippen molar-refractivity contribution in [2.24, 2.45) is 5.73 Å². The fourth-order valence-electron chi connectivity index (χ4n) is 0.955. The van der Waals surface area contributed by atoms with Crippen LogP contribution in [0.2, 0.25) is 0 Å². The molecule has 0 aliphatic heterocycles. The molecule has 0 fully saturated rings. The lowest BCUT2D eigenvalue weighted by atomic mass is 10.4. The molecule has 1 rings (SSSR count). The first-order valence-corrected chi connectivity index (χ1v) is 5.14. The number of rotatable bonds is 4. The second kappa shape index (κ2) is 5.27. The predicted molar refractivity (Wildman–Crippen MR) is 61.2 cm³/mol. The van der Waals surface area contributed by atoms with Gasteiger partial charge in [-0.1, -0.05) is 0 Å². The standard InChI is InChI=1S/C7H11IN4O2/c8-5-4(3-10-2-1-9)11-7(14)12-6(5)13/h10H,1-3,9H2,(H2,11,12,13,14). The lowest BCUT2D eigenvalue weighted by Crippen LogP contribution is -2.30. The van der Waals surface area contributed by atoms with E-state index >= 15 is 0 Å². The van der Waals surface area contributed by atoms with Crippen molar-refractivity contribution in [3.05, 3.63) is 30.1 Å². The number of hydrogen-bond acceptors (Lipinski definition) is 4. The molecule has 1 heterocycles. The molecule has 7 heteroatoms. The van der Waals surface area contributed by atoms with Gasteiger partial charge in [0.2, 0.25) is 0 Å². The van der Waals surface area contributed by atoms with Gasteiger partial charge in [-0.15, -0.1) is 0 Å². The topological polar surface area (TPSA) is 104 Å². The van der Waals surface area contributed by atoms with Gasteiger partial charge in [0.15, 0.2) is 0 Å². The summed E-state index contributed by atoms with van der Waals surface area (Å²) in [5.41, 5.74) is 5.03. The Kier molecular flexibility index (Phi) is 4.29. The van der Waals surface area contributed by atoms with Crippen molar-refractivity contribution < 1.29 is 0 Å². The highest BCUT2D eigenvalue weighted by Gasteiger charge is 2.04. The first-order chi connectivity index (χ1) is 6.65. The summed E-state index contributed by atoms with van der Waals surface area (Å²) in [6.45, 7) is 1.60. The van der Waals surface area contributed by atoms with E-state index in [1.165, 1.54) is 0 Å². The molecule has 0 radical (unpaired) electrons. The van der Waals surface area contributed by atoms with Crippen LogP contribution in [0.1, 0.15) is 5.69 Å². The van der Waals surface area contributed by atoms with Gasteiger partial charge in [-0.3, -0.25) is 9.78 Å². The van der Waals surface area contributed by atoms with E-state index in [1.807, 2.05) is 22.6 Å². The minimum absolute atomic E-state index is 0.362. The molecule has 0 aromatic carbocycles. The van der Waals surface area contributed by atoms with Crippen molar-refractivity contribution in [1.29, 1.82) is 0 Å². The summed E-state index contributed by atoms with van der Waals surface area (Å²) in [4.78, 5) is 26.8. The number of nitrogens with two attached hydrogens (primary N) is 1. The third-order valence-corrected chi connectivity index (χ3v) is 2.72. The number of hydrogen-bond donors (Lipinski definition) is 4. The van der Waals surface area contributed by atoms with Gasteiger partial charge in [0.25, 0.3) is 5.56 Å². The van der Waals surface area contributed by atoms with Gasteiger partial charge >= 0.3 is 5.69 Å². The lowest BCUT2D eigenvalue weighted by Gasteiger charge is -2.03. The molecule has 0 bridgehead atoms. The first-order valence-electron chi connectivity index (χ1n) is 4.07. The quantitative estimate of drug-likeness (QED) is 0.411. The van der Waals surface area contributed by atoms with Gasteiger partial charge in [0, 0.05) is 19.6 Å². The van der Waals surface area contributed by atoms with Crippen molar-refractivity contribution in [1.82, 2.24) is 15.3 Å². The molecule has 6 nitrogen and oxygen atoms in total. The molecule has 0 aliphatic rings. The van der Waals surface area contributed by atoms with Gasteiger partial charge in [0.1, 0.15) is 0 Å². The third-order valence-electron chi connectivity index (χ3n) is 1.58. The molecule has 0 aliphatic carbocycles. The minimum Gasteiger partial charge on any atom is -0.329 e. The molecular weight excluding hydrogens is 299 g/mol. The monoisotopic (exact) mass is 310 g/mol. The number of halogens is 1. The van der Waals surface area contributed by atoms with E-state index in [0.717, 1.165) is 0 Å².